The van der Waals surface area contributed by atoms with E-state index in [0.29, 0.717) is 5.56 Å². The smallest absolute Gasteiger partial charge is 0.251 e. The van der Waals surface area contributed by atoms with E-state index in [1.807, 2.05) is 36.4 Å². The molecule has 1 aliphatic rings. The molecule has 0 aliphatic carbocycles. The molecule has 1 heterocycles. The van der Waals surface area contributed by atoms with E-state index in [2.05, 4.69) is 27.7 Å². The van der Waals surface area contributed by atoms with Crippen molar-refractivity contribution in [1.29, 1.82) is 0 Å². The Morgan fingerprint density at radius 1 is 1.28 bits per heavy atom. The number of rotatable bonds is 4. The maximum Gasteiger partial charge on any atom is 0.251 e. The Balaban J connectivity index is 0.00000225. The number of halogens is 2. The molecular formula is C19H23Cl2N3O. The molecule has 0 bridgehead atoms. The Labute approximate surface area is 160 Å². The molecule has 25 heavy (non-hydrogen) atoms. The molecular weight excluding hydrogens is 357 g/mol. The van der Waals surface area contributed by atoms with Gasteiger partial charge < -0.3 is 10.6 Å². The summed E-state index contributed by atoms with van der Waals surface area (Å²) in [6.07, 6.45) is 0. The summed E-state index contributed by atoms with van der Waals surface area (Å²) >= 11 is 6.16. The van der Waals surface area contributed by atoms with Gasteiger partial charge in [-0.3, -0.25) is 9.69 Å². The monoisotopic (exact) mass is 379 g/mol. The summed E-state index contributed by atoms with van der Waals surface area (Å²) in [6.45, 7) is 3.63. The molecule has 1 aliphatic heterocycles. The van der Waals surface area contributed by atoms with Gasteiger partial charge in [0.05, 0.1) is 0 Å². The van der Waals surface area contributed by atoms with Gasteiger partial charge in [-0.05, 0) is 35.4 Å². The van der Waals surface area contributed by atoms with Gasteiger partial charge in [0.2, 0.25) is 0 Å². The van der Waals surface area contributed by atoms with Gasteiger partial charge in [0.15, 0.2) is 0 Å². The molecule has 3 rings (SSSR count). The lowest BCUT2D eigenvalue weighted by atomic mass is 10.0. The van der Waals surface area contributed by atoms with E-state index in [0.717, 1.165) is 36.8 Å². The van der Waals surface area contributed by atoms with Crippen molar-refractivity contribution in [3.63, 3.8) is 0 Å². The summed E-state index contributed by atoms with van der Waals surface area (Å²) in [5.41, 5.74) is 3.06. The summed E-state index contributed by atoms with van der Waals surface area (Å²) in [6, 6.07) is 16.2. The molecule has 1 unspecified atom stereocenters. The number of amides is 1. The number of carbonyl (C=O) groups excluding carboxylic acids is 1. The van der Waals surface area contributed by atoms with Gasteiger partial charge in [0.1, 0.15) is 0 Å². The highest BCUT2D eigenvalue weighted by Gasteiger charge is 2.24. The van der Waals surface area contributed by atoms with Crippen molar-refractivity contribution in [3.05, 3.63) is 70.2 Å². The molecule has 1 atom stereocenters. The minimum absolute atomic E-state index is 0. The lowest BCUT2D eigenvalue weighted by Gasteiger charge is -2.36. The number of carbonyl (C=O) groups is 1. The van der Waals surface area contributed by atoms with Crippen molar-refractivity contribution in [2.45, 2.75) is 12.6 Å². The zero-order valence-electron chi connectivity index (χ0n) is 14.2. The van der Waals surface area contributed by atoms with Crippen LogP contribution in [0.15, 0.2) is 48.5 Å². The topological polar surface area (TPSA) is 44.4 Å². The zero-order valence-corrected chi connectivity index (χ0v) is 15.7. The average Bonchev–Trinajstić information content (AvgIpc) is 2.62. The highest BCUT2D eigenvalue weighted by atomic mass is 35.5. The van der Waals surface area contributed by atoms with Crippen LogP contribution in [-0.2, 0) is 6.54 Å². The van der Waals surface area contributed by atoms with Crippen molar-refractivity contribution in [1.82, 2.24) is 15.5 Å². The van der Waals surface area contributed by atoms with Crippen LogP contribution in [0.2, 0.25) is 5.02 Å². The Morgan fingerprint density at radius 3 is 2.84 bits per heavy atom. The summed E-state index contributed by atoms with van der Waals surface area (Å²) in [7, 11) is 1.65. The molecule has 134 valence electrons. The highest BCUT2D eigenvalue weighted by Crippen LogP contribution is 2.26. The predicted molar refractivity (Wildman–Crippen MR) is 105 cm³/mol. The standard InChI is InChI=1S/C19H22ClN3O.ClH/c1-21-19(24)16-6-2-4-14(10-16)13-23-9-8-22-12-18(23)15-5-3-7-17(20)11-15;/h2-7,10-11,18,22H,8-9,12-13H2,1H3,(H,21,24);1H. The fourth-order valence-corrected chi connectivity index (χ4v) is 3.37. The lowest BCUT2D eigenvalue weighted by Crippen LogP contribution is -2.45. The molecule has 4 nitrogen and oxygen atoms in total. The number of nitrogens with zero attached hydrogens (tertiary/aromatic N) is 1. The van der Waals surface area contributed by atoms with Crippen molar-refractivity contribution in [2.24, 2.45) is 0 Å². The minimum atomic E-state index is -0.0523. The van der Waals surface area contributed by atoms with Crippen LogP contribution < -0.4 is 10.6 Å². The molecule has 1 saturated heterocycles. The third kappa shape index (κ3) is 4.95. The minimum Gasteiger partial charge on any atom is -0.355 e. The van der Waals surface area contributed by atoms with Gasteiger partial charge in [-0.1, -0.05) is 35.9 Å². The second-order valence-corrected chi connectivity index (χ2v) is 6.46. The molecule has 2 aromatic rings. The SMILES string of the molecule is CNC(=O)c1cccc(CN2CCNCC2c2cccc(Cl)c2)c1.Cl. The van der Waals surface area contributed by atoms with Gasteiger partial charge in [0.25, 0.3) is 5.91 Å². The third-order valence-electron chi connectivity index (χ3n) is 4.39. The number of piperazine rings is 1. The van der Waals surface area contributed by atoms with E-state index in [-0.39, 0.29) is 24.4 Å². The zero-order chi connectivity index (χ0) is 16.9. The van der Waals surface area contributed by atoms with E-state index in [1.165, 1.54) is 5.56 Å². The molecule has 2 aromatic carbocycles. The first-order chi connectivity index (χ1) is 11.7. The summed E-state index contributed by atoms with van der Waals surface area (Å²) in [4.78, 5) is 14.3. The van der Waals surface area contributed by atoms with Crippen LogP contribution in [-0.4, -0.2) is 37.5 Å². The van der Waals surface area contributed by atoms with Crippen molar-refractivity contribution < 1.29 is 4.79 Å². The van der Waals surface area contributed by atoms with Crippen molar-refractivity contribution in [3.8, 4) is 0 Å². The maximum absolute atomic E-state index is 11.8. The van der Waals surface area contributed by atoms with E-state index in [1.54, 1.807) is 7.05 Å². The summed E-state index contributed by atoms with van der Waals surface area (Å²) < 4.78 is 0. The Bertz CT molecular complexity index is 723. The van der Waals surface area contributed by atoms with Gasteiger partial charge >= 0.3 is 0 Å². The van der Waals surface area contributed by atoms with Crippen molar-refractivity contribution >= 4 is 29.9 Å². The largest absolute Gasteiger partial charge is 0.355 e. The van der Waals surface area contributed by atoms with Crippen LogP contribution in [0.4, 0.5) is 0 Å². The number of hydrogen-bond acceptors (Lipinski definition) is 3. The van der Waals surface area contributed by atoms with Crippen LogP contribution in [0, 0.1) is 0 Å². The molecule has 0 aromatic heterocycles. The third-order valence-corrected chi connectivity index (χ3v) is 4.62. The Kier molecular flexibility index (Phi) is 7.26. The fraction of sp³-hybridized carbons (Fsp3) is 0.316. The maximum atomic E-state index is 11.8. The summed E-state index contributed by atoms with van der Waals surface area (Å²) in [5, 5.41) is 6.90. The van der Waals surface area contributed by atoms with Crippen LogP contribution in [0.25, 0.3) is 0 Å². The molecule has 6 heteroatoms. The molecule has 0 saturated carbocycles. The van der Waals surface area contributed by atoms with Crippen LogP contribution in [0.3, 0.4) is 0 Å². The van der Waals surface area contributed by atoms with E-state index in [9.17, 15) is 4.79 Å². The first-order valence-electron chi connectivity index (χ1n) is 8.18. The van der Waals surface area contributed by atoms with Gasteiger partial charge in [-0.25, -0.2) is 0 Å². The summed E-state index contributed by atoms with van der Waals surface area (Å²) in [5.74, 6) is -0.0523. The predicted octanol–water partition coefficient (Wildman–Crippen LogP) is 3.27. The molecule has 0 radical (unpaired) electrons. The van der Waals surface area contributed by atoms with Crippen LogP contribution in [0.5, 0.6) is 0 Å². The van der Waals surface area contributed by atoms with Gasteiger partial charge in [-0.2, -0.15) is 0 Å². The van der Waals surface area contributed by atoms with Crippen molar-refractivity contribution in [2.75, 3.05) is 26.7 Å². The van der Waals surface area contributed by atoms with Gasteiger partial charge in [0, 0.05) is 49.9 Å². The Morgan fingerprint density at radius 2 is 2.08 bits per heavy atom. The first kappa shape index (κ1) is 19.7. The average molecular weight is 380 g/mol. The number of benzene rings is 2. The second-order valence-electron chi connectivity index (χ2n) is 6.02. The molecule has 1 fully saturated rings. The van der Waals surface area contributed by atoms with Crippen LogP contribution in [0.1, 0.15) is 27.5 Å². The molecule has 1 amide bonds. The first-order valence-corrected chi connectivity index (χ1v) is 8.56. The molecule has 2 N–H and O–H groups in total. The molecule has 0 spiro atoms. The quantitative estimate of drug-likeness (QED) is 0.856. The lowest BCUT2D eigenvalue weighted by molar-refractivity contribution is 0.0962. The van der Waals surface area contributed by atoms with Gasteiger partial charge in [-0.15, -0.1) is 12.4 Å². The number of nitrogens with one attached hydrogen (secondary N) is 2. The normalized spacial score (nSPS) is 17.6. The number of hydrogen-bond donors (Lipinski definition) is 2. The van der Waals surface area contributed by atoms with E-state index in [4.69, 9.17) is 11.6 Å². The fourth-order valence-electron chi connectivity index (χ4n) is 3.17. The van der Waals surface area contributed by atoms with E-state index >= 15 is 0 Å². The van der Waals surface area contributed by atoms with E-state index < -0.39 is 0 Å². The highest BCUT2D eigenvalue weighted by molar-refractivity contribution is 6.30. The van der Waals surface area contributed by atoms with Crippen LogP contribution >= 0.6 is 24.0 Å². The Hall–Kier alpha value is -1.59. The second kappa shape index (κ2) is 9.20.